The summed E-state index contributed by atoms with van der Waals surface area (Å²) in [6, 6.07) is 14.4. The highest BCUT2D eigenvalue weighted by molar-refractivity contribution is 9.10. The first-order valence-corrected chi connectivity index (χ1v) is 8.10. The van der Waals surface area contributed by atoms with Gasteiger partial charge in [-0.1, -0.05) is 39.7 Å². The molecule has 0 spiro atoms. The molecule has 0 aliphatic carbocycles. The molecule has 4 heteroatoms. The van der Waals surface area contributed by atoms with E-state index < -0.39 is 0 Å². The third-order valence-electron chi connectivity index (χ3n) is 3.79. The van der Waals surface area contributed by atoms with Crippen LogP contribution in [0.2, 0.25) is 5.02 Å². The molecule has 2 nitrogen and oxygen atoms in total. The van der Waals surface area contributed by atoms with Crippen molar-refractivity contribution in [3.05, 3.63) is 63.1 Å². The monoisotopic (exact) mass is 366 g/mol. The molecule has 2 rings (SSSR count). The SMILES string of the molecule is CC(N)c1cc(Br)ccc1N(C)C(C)c1ccc(Cl)cc1. The number of hydrogen-bond acceptors (Lipinski definition) is 2. The van der Waals surface area contributed by atoms with Crippen LogP contribution in [-0.2, 0) is 0 Å². The molecule has 0 bridgehead atoms. The molecule has 0 saturated carbocycles. The highest BCUT2D eigenvalue weighted by Gasteiger charge is 2.17. The maximum absolute atomic E-state index is 6.11. The van der Waals surface area contributed by atoms with Gasteiger partial charge in [0.2, 0.25) is 0 Å². The van der Waals surface area contributed by atoms with Crippen LogP contribution in [0.3, 0.4) is 0 Å². The summed E-state index contributed by atoms with van der Waals surface area (Å²) in [6.07, 6.45) is 0. The summed E-state index contributed by atoms with van der Waals surface area (Å²) in [5.74, 6) is 0. The topological polar surface area (TPSA) is 29.3 Å². The Kier molecular flexibility index (Phi) is 5.31. The van der Waals surface area contributed by atoms with Crippen molar-refractivity contribution in [2.45, 2.75) is 25.9 Å². The highest BCUT2D eigenvalue weighted by Crippen LogP contribution is 2.33. The molecular formula is C17H20BrClN2. The van der Waals surface area contributed by atoms with Gasteiger partial charge < -0.3 is 10.6 Å². The fraction of sp³-hybridized carbons (Fsp3) is 0.294. The molecule has 2 aromatic carbocycles. The molecule has 0 fully saturated rings. The van der Waals surface area contributed by atoms with Crippen LogP contribution in [0.1, 0.15) is 37.1 Å². The number of anilines is 1. The molecule has 2 N–H and O–H groups in total. The quantitative estimate of drug-likeness (QED) is 0.792. The lowest BCUT2D eigenvalue weighted by Gasteiger charge is -2.30. The summed E-state index contributed by atoms with van der Waals surface area (Å²) in [7, 11) is 2.09. The second-order valence-electron chi connectivity index (χ2n) is 5.33. The van der Waals surface area contributed by atoms with E-state index in [1.807, 2.05) is 25.1 Å². The van der Waals surface area contributed by atoms with E-state index in [-0.39, 0.29) is 12.1 Å². The van der Waals surface area contributed by atoms with Crippen LogP contribution in [-0.4, -0.2) is 7.05 Å². The van der Waals surface area contributed by atoms with Crippen LogP contribution in [0.15, 0.2) is 46.9 Å². The number of nitrogens with zero attached hydrogens (tertiary/aromatic N) is 1. The third kappa shape index (κ3) is 3.79. The molecule has 0 aliphatic rings. The molecule has 0 aromatic heterocycles. The number of rotatable bonds is 4. The number of hydrogen-bond donors (Lipinski definition) is 1. The minimum atomic E-state index is -0.0163. The van der Waals surface area contributed by atoms with Crippen molar-refractivity contribution in [1.82, 2.24) is 0 Å². The Labute approximate surface area is 140 Å². The minimum Gasteiger partial charge on any atom is -0.368 e. The van der Waals surface area contributed by atoms with Crippen molar-refractivity contribution >= 4 is 33.2 Å². The first kappa shape index (κ1) is 16.3. The van der Waals surface area contributed by atoms with Crippen LogP contribution in [0, 0.1) is 0 Å². The fourth-order valence-electron chi connectivity index (χ4n) is 2.38. The Balaban J connectivity index is 2.35. The van der Waals surface area contributed by atoms with Gasteiger partial charge in [-0.15, -0.1) is 0 Å². The molecule has 2 aromatic rings. The maximum atomic E-state index is 6.11. The Morgan fingerprint density at radius 1 is 1.10 bits per heavy atom. The van der Waals surface area contributed by atoms with Gasteiger partial charge in [0.25, 0.3) is 0 Å². The van der Waals surface area contributed by atoms with Crippen molar-refractivity contribution in [3.8, 4) is 0 Å². The van der Waals surface area contributed by atoms with Crippen LogP contribution < -0.4 is 10.6 Å². The average molecular weight is 368 g/mol. The van der Waals surface area contributed by atoms with Gasteiger partial charge in [-0.2, -0.15) is 0 Å². The largest absolute Gasteiger partial charge is 0.368 e. The fourth-order valence-corrected chi connectivity index (χ4v) is 2.89. The van der Waals surface area contributed by atoms with Gasteiger partial charge in [0.05, 0.1) is 6.04 Å². The van der Waals surface area contributed by atoms with Crippen molar-refractivity contribution in [3.63, 3.8) is 0 Å². The molecule has 112 valence electrons. The van der Waals surface area contributed by atoms with E-state index in [1.54, 1.807) is 0 Å². The molecule has 0 heterocycles. The summed E-state index contributed by atoms with van der Waals surface area (Å²) < 4.78 is 1.05. The molecule has 21 heavy (non-hydrogen) atoms. The normalized spacial score (nSPS) is 13.8. The molecular weight excluding hydrogens is 348 g/mol. The van der Waals surface area contributed by atoms with Crippen LogP contribution in [0.5, 0.6) is 0 Å². The summed E-state index contributed by atoms with van der Waals surface area (Å²) in [6.45, 7) is 4.18. The molecule has 0 amide bonds. The molecule has 2 atom stereocenters. The highest BCUT2D eigenvalue weighted by atomic mass is 79.9. The zero-order chi connectivity index (χ0) is 15.6. The number of nitrogens with two attached hydrogens (primary N) is 1. The van der Waals surface area contributed by atoms with Gasteiger partial charge in [-0.3, -0.25) is 0 Å². The van der Waals surface area contributed by atoms with Gasteiger partial charge in [0, 0.05) is 28.3 Å². The average Bonchev–Trinajstić information content (AvgIpc) is 2.46. The molecule has 0 aliphatic heterocycles. The maximum Gasteiger partial charge on any atom is 0.0511 e. The summed E-state index contributed by atoms with van der Waals surface area (Å²) >= 11 is 9.48. The second kappa shape index (κ2) is 6.82. The smallest absolute Gasteiger partial charge is 0.0511 e. The zero-order valence-electron chi connectivity index (χ0n) is 12.5. The van der Waals surface area contributed by atoms with Crippen LogP contribution in [0.4, 0.5) is 5.69 Å². The second-order valence-corrected chi connectivity index (χ2v) is 6.68. The van der Waals surface area contributed by atoms with Crippen LogP contribution in [0.25, 0.3) is 0 Å². The van der Waals surface area contributed by atoms with Gasteiger partial charge in [0.15, 0.2) is 0 Å². The number of halogens is 2. The Morgan fingerprint density at radius 2 is 1.71 bits per heavy atom. The Bertz CT molecular complexity index is 611. The lowest BCUT2D eigenvalue weighted by molar-refractivity contribution is 0.722. The van der Waals surface area contributed by atoms with Crippen LogP contribution >= 0.6 is 27.5 Å². The van der Waals surface area contributed by atoms with Gasteiger partial charge in [-0.25, -0.2) is 0 Å². The van der Waals surface area contributed by atoms with Crippen molar-refractivity contribution in [2.24, 2.45) is 5.73 Å². The van der Waals surface area contributed by atoms with E-state index in [1.165, 1.54) is 5.56 Å². The molecule has 0 saturated heterocycles. The zero-order valence-corrected chi connectivity index (χ0v) is 14.8. The minimum absolute atomic E-state index is 0.0163. The predicted molar refractivity (Wildman–Crippen MR) is 95.0 cm³/mol. The van der Waals surface area contributed by atoms with E-state index in [9.17, 15) is 0 Å². The summed E-state index contributed by atoms with van der Waals surface area (Å²) in [5, 5.41) is 0.758. The van der Waals surface area contributed by atoms with E-state index in [0.717, 1.165) is 20.7 Å². The van der Waals surface area contributed by atoms with Gasteiger partial charge >= 0.3 is 0 Å². The lowest BCUT2D eigenvalue weighted by Crippen LogP contribution is -2.24. The van der Waals surface area contributed by atoms with E-state index in [0.29, 0.717) is 0 Å². The first-order chi connectivity index (χ1) is 9.90. The lowest BCUT2D eigenvalue weighted by atomic mass is 10.0. The Morgan fingerprint density at radius 3 is 2.29 bits per heavy atom. The van der Waals surface area contributed by atoms with Gasteiger partial charge in [-0.05, 0) is 55.3 Å². The predicted octanol–water partition coefficient (Wildman–Crippen LogP) is 5.32. The summed E-state index contributed by atoms with van der Waals surface area (Å²) in [5.41, 5.74) is 9.62. The van der Waals surface area contributed by atoms with E-state index in [4.69, 9.17) is 17.3 Å². The van der Waals surface area contributed by atoms with E-state index in [2.05, 4.69) is 59.1 Å². The molecule has 0 radical (unpaired) electrons. The summed E-state index contributed by atoms with van der Waals surface area (Å²) in [4.78, 5) is 2.24. The standard InChI is InChI=1S/C17H20BrClN2/c1-11(20)16-10-14(18)6-9-17(16)21(3)12(2)13-4-7-15(19)8-5-13/h4-12H,20H2,1-3H3. The van der Waals surface area contributed by atoms with Crippen molar-refractivity contribution in [2.75, 3.05) is 11.9 Å². The Hall–Kier alpha value is -1.03. The third-order valence-corrected chi connectivity index (χ3v) is 4.54. The van der Waals surface area contributed by atoms with E-state index >= 15 is 0 Å². The van der Waals surface area contributed by atoms with Gasteiger partial charge in [0.1, 0.15) is 0 Å². The van der Waals surface area contributed by atoms with Crippen molar-refractivity contribution < 1.29 is 0 Å². The number of benzene rings is 2. The first-order valence-electron chi connectivity index (χ1n) is 6.93. The molecule has 2 unspecified atom stereocenters. The van der Waals surface area contributed by atoms with Crippen molar-refractivity contribution in [1.29, 1.82) is 0 Å².